The number of nitrogens with zero attached hydrogens (tertiary/aromatic N) is 1. The first-order chi connectivity index (χ1) is 17.4. The van der Waals surface area contributed by atoms with Gasteiger partial charge >= 0.3 is 6.18 Å². The Morgan fingerprint density at radius 3 is 2.24 bits per heavy atom. The molecule has 0 spiro atoms. The van der Waals surface area contributed by atoms with Crippen molar-refractivity contribution in [2.45, 2.75) is 24.0 Å². The monoisotopic (exact) mass is 556 g/mol. The zero-order valence-electron chi connectivity index (χ0n) is 19.8. The van der Waals surface area contributed by atoms with Gasteiger partial charge in [0.1, 0.15) is 24.7 Å². The molecule has 0 fully saturated rings. The van der Waals surface area contributed by atoms with Crippen molar-refractivity contribution in [1.82, 2.24) is 5.32 Å². The molecule has 198 valence electrons. The van der Waals surface area contributed by atoms with E-state index in [1.54, 1.807) is 37.3 Å². The molecule has 37 heavy (non-hydrogen) atoms. The minimum atomic E-state index is -4.83. The lowest BCUT2D eigenvalue weighted by atomic mass is 10.2. The number of rotatable bonds is 10. The van der Waals surface area contributed by atoms with E-state index in [4.69, 9.17) is 21.1 Å². The number of methoxy groups -OCH3 is 1. The minimum Gasteiger partial charge on any atom is -0.497 e. The molecule has 0 saturated heterocycles. The van der Waals surface area contributed by atoms with E-state index in [1.165, 1.54) is 31.4 Å². The molecule has 0 aliphatic heterocycles. The standard InChI is InChI=1S/C25H24ClF3N2O5S/c1-17(16-36-20-11-9-19(35-2)10-12-20)30-24(32)15-31(37(33,34)21-6-4-3-5-7-21)18-8-13-23(26)22(14-18)25(27,28)29/h3-14,17H,15-16H2,1-2H3,(H,30,32). The summed E-state index contributed by atoms with van der Waals surface area (Å²) >= 11 is 5.71. The second-order valence-corrected chi connectivity index (χ2v) is 10.2. The van der Waals surface area contributed by atoms with Crippen molar-refractivity contribution in [3.8, 4) is 11.5 Å². The molecule has 12 heteroatoms. The van der Waals surface area contributed by atoms with Gasteiger partial charge in [0, 0.05) is 0 Å². The van der Waals surface area contributed by atoms with E-state index in [9.17, 15) is 26.4 Å². The van der Waals surface area contributed by atoms with E-state index in [-0.39, 0.29) is 17.2 Å². The number of alkyl halides is 3. The average Bonchev–Trinajstić information content (AvgIpc) is 2.86. The quantitative estimate of drug-likeness (QED) is 0.373. The van der Waals surface area contributed by atoms with Gasteiger partial charge in [-0.1, -0.05) is 29.8 Å². The predicted molar refractivity (Wildman–Crippen MR) is 134 cm³/mol. The third-order valence-corrected chi connectivity index (χ3v) is 7.25. The Kier molecular flexibility index (Phi) is 8.93. The Morgan fingerprint density at radius 2 is 1.65 bits per heavy atom. The maximum atomic E-state index is 13.5. The van der Waals surface area contributed by atoms with Crippen molar-refractivity contribution in [2.24, 2.45) is 0 Å². The average molecular weight is 557 g/mol. The van der Waals surface area contributed by atoms with Crippen molar-refractivity contribution in [2.75, 3.05) is 24.6 Å². The summed E-state index contributed by atoms with van der Waals surface area (Å²) in [5.74, 6) is 0.425. The summed E-state index contributed by atoms with van der Waals surface area (Å²) < 4.78 is 78.4. The van der Waals surface area contributed by atoms with Crippen LogP contribution in [0, 0.1) is 0 Å². The van der Waals surface area contributed by atoms with Gasteiger partial charge in [-0.15, -0.1) is 0 Å². The number of hydrogen-bond donors (Lipinski definition) is 1. The maximum absolute atomic E-state index is 13.5. The van der Waals surface area contributed by atoms with Gasteiger partial charge in [-0.05, 0) is 61.5 Å². The number of amides is 1. The number of carbonyl (C=O) groups is 1. The first kappa shape index (κ1) is 28.1. The number of carbonyl (C=O) groups excluding carboxylic acids is 1. The van der Waals surface area contributed by atoms with E-state index < -0.39 is 45.3 Å². The third-order valence-electron chi connectivity index (χ3n) is 5.13. The van der Waals surface area contributed by atoms with Gasteiger partial charge in [0.15, 0.2) is 0 Å². The number of ether oxygens (including phenoxy) is 2. The van der Waals surface area contributed by atoms with Crippen LogP contribution in [0.3, 0.4) is 0 Å². The first-order valence-electron chi connectivity index (χ1n) is 10.9. The van der Waals surface area contributed by atoms with Gasteiger partial charge in [-0.25, -0.2) is 8.42 Å². The van der Waals surface area contributed by atoms with Crippen molar-refractivity contribution >= 4 is 33.2 Å². The van der Waals surface area contributed by atoms with E-state index in [0.29, 0.717) is 21.9 Å². The lowest BCUT2D eigenvalue weighted by Gasteiger charge is -2.26. The van der Waals surface area contributed by atoms with E-state index in [1.807, 2.05) is 0 Å². The summed E-state index contributed by atoms with van der Waals surface area (Å²) in [7, 11) is -2.87. The Labute approximate surface area is 217 Å². The largest absolute Gasteiger partial charge is 0.497 e. The highest BCUT2D eigenvalue weighted by Crippen LogP contribution is 2.38. The number of hydrogen-bond acceptors (Lipinski definition) is 5. The van der Waals surface area contributed by atoms with E-state index in [2.05, 4.69) is 5.32 Å². The highest BCUT2D eigenvalue weighted by Gasteiger charge is 2.35. The molecule has 3 rings (SSSR count). The van der Waals surface area contributed by atoms with Crippen LogP contribution in [0.4, 0.5) is 18.9 Å². The fourth-order valence-electron chi connectivity index (χ4n) is 3.31. The highest BCUT2D eigenvalue weighted by molar-refractivity contribution is 7.92. The number of halogens is 4. The second kappa shape index (κ2) is 11.7. The second-order valence-electron chi connectivity index (χ2n) is 7.94. The number of nitrogens with one attached hydrogen (secondary N) is 1. The molecule has 1 N–H and O–H groups in total. The molecule has 1 amide bonds. The lowest BCUT2D eigenvalue weighted by Crippen LogP contribution is -2.45. The van der Waals surface area contributed by atoms with Crippen LogP contribution in [0.15, 0.2) is 77.7 Å². The zero-order chi connectivity index (χ0) is 27.2. The summed E-state index contributed by atoms with van der Waals surface area (Å²) in [6, 6.07) is 16.0. The Hall–Kier alpha value is -3.44. The number of anilines is 1. The molecule has 3 aromatic rings. The molecule has 0 radical (unpaired) electrons. The Morgan fingerprint density at radius 1 is 1.03 bits per heavy atom. The molecule has 0 heterocycles. The molecule has 3 aromatic carbocycles. The molecular weight excluding hydrogens is 533 g/mol. The fourth-order valence-corrected chi connectivity index (χ4v) is 4.96. The Bertz CT molecular complexity index is 1320. The summed E-state index contributed by atoms with van der Waals surface area (Å²) in [5.41, 5.74) is -1.58. The molecular formula is C25H24ClF3N2O5S. The fraction of sp³-hybridized carbons (Fsp3) is 0.240. The van der Waals surface area contributed by atoms with Crippen LogP contribution in [-0.2, 0) is 21.0 Å². The molecule has 1 atom stereocenters. The van der Waals surface area contributed by atoms with Gasteiger partial charge < -0.3 is 14.8 Å². The smallest absolute Gasteiger partial charge is 0.417 e. The SMILES string of the molecule is COc1ccc(OCC(C)NC(=O)CN(c2ccc(Cl)c(C(F)(F)F)c2)S(=O)(=O)c2ccccc2)cc1. The number of sulfonamides is 1. The maximum Gasteiger partial charge on any atom is 0.417 e. The molecule has 0 saturated carbocycles. The van der Waals surface area contributed by atoms with Crippen molar-refractivity contribution in [3.63, 3.8) is 0 Å². The summed E-state index contributed by atoms with van der Waals surface area (Å²) in [6.07, 6.45) is -4.83. The van der Waals surface area contributed by atoms with Crippen LogP contribution in [0.5, 0.6) is 11.5 Å². The molecule has 7 nitrogen and oxygen atoms in total. The van der Waals surface area contributed by atoms with Crippen LogP contribution in [-0.4, -0.2) is 40.6 Å². The van der Waals surface area contributed by atoms with Gasteiger partial charge in [0.05, 0.1) is 34.3 Å². The predicted octanol–water partition coefficient (Wildman–Crippen LogP) is 5.15. The molecule has 0 aromatic heterocycles. The first-order valence-corrected chi connectivity index (χ1v) is 12.7. The molecule has 0 aliphatic rings. The van der Waals surface area contributed by atoms with Gasteiger partial charge in [-0.3, -0.25) is 9.10 Å². The topological polar surface area (TPSA) is 84.9 Å². The summed E-state index contributed by atoms with van der Waals surface area (Å²) in [6.45, 7) is 0.924. The van der Waals surface area contributed by atoms with Crippen LogP contribution in [0.25, 0.3) is 0 Å². The zero-order valence-corrected chi connectivity index (χ0v) is 21.4. The lowest BCUT2D eigenvalue weighted by molar-refractivity contribution is -0.137. The molecule has 0 bridgehead atoms. The van der Waals surface area contributed by atoms with Crippen molar-refractivity contribution < 1.29 is 35.9 Å². The summed E-state index contributed by atoms with van der Waals surface area (Å²) in [5, 5.41) is 2.01. The van der Waals surface area contributed by atoms with Gasteiger partial charge in [0.2, 0.25) is 5.91 Å². The van der Waals surface area contributed by atoms with E-state index in [0.717, 1.165) is 12.1 Å². The number of benzene rings is 3. The van der Waals surface area contributed by atoms with Crippen molar-refractivity contribution in [3.05, 3.63) is 83.4 Å². The Balaban J connectivity index is 1.81. The molecule has 0 aliphatic carbocycles. The normalized spacial score (nSPS) is 12.5. The van der Waals surface area contributed by atoms with Gasteiger partial charge in [-0.2, -0.15) is 13.2 Å². The summed E-state index contributed by atoms with van der Waals surface area (Å²) in [4.78, 5) is 12.6. The van der Waals surface area contributed by atoms with Crippen molar-refractivity contribution in [1.29, 1.82) is 0 Å². The van der Waals surface area contributed by atoms with Crippen LogP contribution >= 0.6 is 11.6 Å². The van der Waals surface area contributed by atoms with Crippen LogP contribution in [0.1, 0.15) is 12.5 Å². The van der Waals surface area contributed by atoms with Crippen LogP contribution in [0.2, 0.25) is 5.02 Å². The van der Waals surface area contributed by atoms with E-state index >= 15 is 0 Å². The minimum absolute atomic E-state index is 0.0582. The molecule has 1 unspecified atom stereocenters. The highest BCUT2D eigenvalue weighted by atomic mass is 35.5. The van der Waals surface area contributed by atoms with Crippen LogP contribution < -0.4 is 19.1 Å². The third kappa shape index (κ3) is 7.30. The van der Waals surface area contributed by atoms with Gasteiger partial charge in [0.25, 0.3) is 10.0 Å².